The minimum Gasteiger partial charge on any atom is -0.497 e. The fraction of sp³-hybridized carbons (Fsp3) is 0.250. The Hall–Kier alpha value is -2.80. The zero-order valence-corrected chi connectivity index (χ0v) is 16.4. The molecule has 7 heteroatoms. The second kappa shape index (κ2) is 8.73. The Morgan fingerprint density at radius 1 is 1.11 bits per heavy atom. The van der Waals surface area contributed by atoms with Crippen molar-refractivity contribution >= 4 is 23.2 Å². The number of anilines is 1. The predicted molar refractivity (Wildman–Crippen MR) is 108 cm³/mol. The summed E-state index contributed by atoms with van der Waals surface area (Å²) in [6.45, 7) is 2.55. The highest BCUT2D eigenvalue weighted by molar-refractivity contribution is 7.99. The molecule has 0 bridgehead atoms. The van der Waals surface area contributed by atoms with Gasteiger partial charge in [-0.15, -0.1) is 10.2 Å². The van der Waals surface area contributed by atoms with Crippen molar-refractivity contribution in [3.05, 3.63) is 65.5 Å². The molecule has 0 aliphatic heterocycles. The summed E-state index contributed by atoms with van der Waals surface area (Å²) in [7, 11) is 3.55. The largest absolute Gasteiger partial charge is 0.497 e. The first kappa shape index (κ1) is 19.0. The smallest absolute Gasteiger partial charge is 0.191 e. The van der Waals surface area contributed by atoms with E-state index in [1.807, 2.05) is 67.1 Å². The number of nitrogens with one attached hydrogen (secondary N) is 1. The summed E-state index contributed by atoms with van der Waals surface area (Å²) in [5, 5.41) is 12.5. The summed E-state index contributed by atoms with van der Waals surface area (Å²) in [5.74, 6) is 2.04. The molecule has 0 atom stereocenters. The van der Waals surface area contributed by atoms with Crippen molar-refractivity contribution in [2.75, 3.05) is 18.2 Å². The molecule has 1 N–H and O–H groups in total. The Balaban J connectivity index is 1.56. The van der Waals surface area contributed by atoms with E-state index in [0.717, 1.165) is 33.5 Å². The van der Waals surface area contributed by atoms with Crippen molar-refractivity contribution in [3.8, 4) is 5.75 Å². The number of ketones is 1. The van der Waals surface area contributed by atoms with Gasteiger partial charge in [-0.3, -0.25) is 4.79 Å². The number of hydrogen-bond acceptors (Lipinski definition) is 6. The number of ether oxygens (including phenoxy) is 1. The van der Waals surface area contributed by atoms with Crippen LogP contribution in [0.4, 0.5) is 5.69 Å². The summed E-state index contributed by atoms with van der Waals surface area (Å²) >= 11 is 1.40. The van der Waals surface area contributed by atoms with Crippen LogP contribution in [0.25, 0.3) is 0 Å². The molecular weight excluding hydrogens is 360 g/mol. The molecule has 0 unspecified atom stereocenters. The Labute approximate surface area is 163 Å². The van der Waals surface area contributed by atoms with Gasteiger partial charge in [-0.2, -0.15) is 0 Å². The quantitative estimate of drug-likeness (QED) is 0.473. The van der Waals surface area contributed by atoms with Gasteiger partial charge in [-0.1, -0.05) is 41.6 Å². The molecule has 3 rings (SSSR count). The van der Waals surface area contributed by atoms with E-state index in [1.165, 1.54) is 11.8 Å². The number of aromatic nitrogens is 3. The molecule has 1 aromatic heterocycles. The van der Waals surface area contributed by atoms with Crippen LogP contribution in [-0.4, -0.2) is 33.4 Å². The van der Waals surface area contributed by atoms with Gasteiger partial charge < -0.3 is 14.6 Å². The monoisotopic (exact) mass is 382 g/mol. The molecule has 0 saturated carbocycles. The molecule has 0 saturated heterocycles. The van der Waals surface area contributed by atoms with Gasteiger partial charge in [0.1, 0.15) is 5.75 Å². The van der Waals surface area contributed by atoms with Gasteiger partial charge in [-0.25, -0.2) is 0 Å². The molecule has 140 valence electrons. The van der Waals surface area contributed by atoms with Crippen molar-refractivity contribution in [3.63, 3.8) is 0 Å². The second-order valence-corrected chi connectivity index (χ2v) is 7.06. The van der Waals surface area contributed by atoms with E-state index in [-0.39, 0.29) is 5.78 Å². The number of carbonyl (C=O) groups is 1. The van der Waals surface area contributed by atoms with Gasteiger partial charge in [0, 0.05) is 18.3 Å². The lowest BCUT2D eigenvalue weighted by atomic mass is 10.1. The average Bonchev–Trinajstić information content (AvgIpc) is 3.05. The Morgan fingerprint density at radius 2 is 1.81 bits per heavy atom. The van der Waals surface area contributed by atoms with E-state index in [2.05, 4.69) is 15.5 Å². The van der Waals surface area contributed by atoms with Crippen molar-refractivity contribution in [1.82, 2.24) is 14.8 Å². The number of aryl methyl sites for hydroxylation is 1. The fourth-order valence-electron chi connectivity index (χ4n) is 2.47. The summed E-state index contributed by atoms with van der Waals surface area (Å²) in [5.41, 5.74) is 2.83. The van der Waals surface area contributed by atoms with Crippen LogP contribution in [0.3, 0.4) is 0 Å². The molecule has 0 aliphatic rings. The summed E-state index contributed by atoms with van der Waals surface area (Å²) in [6, 6.07) is 15.3. The number of nitrogens with zero attached hydrogens (tertiary/aromatic N) is 3. The minimum atomic E-state index is 0.0842. The van der Waals surface area contributed by atoms with Crippen molar-refractivity contribution in [2.45, 2.75) is 18.6 Å². The van der Waals surface area contributed by atoms with Gasteiger partial charge in [0.05, 0.1) is 19.4 Å². The SMILES string of the molecule is COc1ccc(NCc2nnc(SCC(=O)c3ccc(C)cc3)n2C)cc1. The van der Waals surface area contributed by atoms with Crippen molar-refractivity contribution < 1.29 is 9.53 Å². The molecule has 27 heavy (non-hydrogen) atoms. The molecular formula is C20H22N4O2S. The maximum Gasteiger partial charge on any atom is 0.191 e. The summed E-state index contributed by atoms with van der Waals surface area (Å²) < 4.78 is 7.06. The number of carbonyl (C=O) groups excluding carboxylic acids is 1. The third-order valence-corrected chi connectivity index (χ3v) is 5.19. The van der Waals surface area contributed by atoms with Crippen LogP contribution in [-0.2, 0) is 13.6 Å². The van der Waals surface area contributed by atoms with Crippen LogP contribution >= 0.6 is 11.8 Å². The number of benzene rings is 2. The van der Waals surface area contributed by atoms with E-state index in [0.29, 0.717) is 12.3 Å². The first-order valence-electron chi connectivity index (χ1n) is 8.55. The zero-order chi connectivity index (χ0) is 19.2. The molecule has 0 spiro atoms. The lowest BCUT2D eigenvalue weighted by molar-refractivity contribution is 0.102. The predicted octanol–water partition coefficient (Wildman–Crippen LogP) is 3.72. The van der Waals surface area contributed by atoms with Crippen LogP contribution in [0.2, 0.25) is 0 Å². The van der Waals surface area contributed by atoms with E-state index < -0.39 is 0 Å². The highest BCUT2D eigenvalue weighted by atomic mass is 32.2. The lowest BCUT2D eigenvalue weighted by Crippen LogP contribution is -2.07. The van der Waals surface area contributed by atoms with Crippen LogP contribution in [0, 0.1) is 6.92 Å². The second-order valence-electron chi connectivity index (χ2n) is 6.12. The normalized spacial score (nSPS) is 10.6. The van der Waals surface area contributed by atoms with E-state index >= 15 is 0 Å². The molecule has 0 amide bonds. The maximum absolute atomic E-state index is 12.3. The van der Waals surface area contributed by atoms with E-state index in [9.17, 15) is 4.79 Å². The van der Waals surface area contributed by atoms with Gasteiger partial charge in [0.15, 0.2) is 16.8 Å². The van der Waals surface area contributed by atoms with E-state index in [4.69, 9.17) is 4.74 Å². The van der Waals surface area contributed by atoms with Gasteiger partial charge in [0.2, 0.25) is 0 Å². The van der Waals surface area contributed by atoms with Gasteiger partial charge in [-0.05, 0) is 31.2 Å². The van der Waals surface area contributed by atoms with Crippen molar-refractivity contribution in [1.29, 1.82) is 0 Å². The molecule has 0 aliphatic carbocycles. The van der Waals surface area contributed by atoms with Gasteiger partial charge in [0.25, 0.3) is 0 Å². The molecule has 1 heterocycles. The standard InChI is InChI=1S/C20H22N4O2S/c1-14-4-6-15(7-5-14)18(25)13-27-20-23-22-19(24(20)2)12-21-16-8-10-17(26-3)11-9-16/h4-11,21H,12-13H2,1-3H3. The number of methoxy groups -OCH3 is 1. The first-order chi connectivity index (χ1) is 13.1. The third kappa shape index (κ3) is 4.89. The highest BCUT2D eigenvalue weighted by Gasteiger charge is 2.12. The Kier molecular flexibility index (Phi) is 6.13. The fourth-order valence-corrected chi connectivity index (χ4v) is 3.29. The maximum atomic E-state index is 12.3. The zero-order valence-electron chi connectivity index (χ0n) is 15.6. The van der Waals surface area contributed by atoms with E-state index in [1.54, 1.807) is 7.11 Å². The lowest BCUT2D eigenvalue weighted by Gasteiger charge is -2.07. The number of Topliss-reactive ketones (excluding diaryl/α,β-unsaturated/α-hetero) is 1. The van der Waals surface area contributed by atoms with Crippen LogP contribution in [0.5, 0.6) is 5.75 Å². The topological polar surface area (TPSA) is 69.0 Å². The molecule has 2 aromatic carbocycles. The Bertz CT molecular complexity index is 905. The van der Waals surface area contributed by atoms with Gasteiger partial charge >= 0.3 is 0 Å². The number of hydrogen-bond donors (Lipinski definition) is 1. The van der Waals surface area contributed by atoms with Crippen LogP contribution in [0.15, 0.2) is 53.7 Å². The summed E-state index contributed by atoms with van der Waals surface area (Å²) in [4.78, 5) is 12.3. The number of rotatable bonds is 8. The molecule has 0 radical (unpaired) electrons. The molecule has 3 aromatic rings. The Morgan fingerprint density at radius 3 is 2.48 bits per heavy atom. The average molecular weight is 382 g/mol. The summed E-state index contributed by atoms with van der Waals surface area (Å²) in [6.07, 6.45) is 0. The minimum absolute atomic E-state index is 0.0842. The molecule has 6 nitrogen and oxygen atoms in total. The number of thioether (sulfide) groups is 1. The van der Waals surface area contributed by atoms with Crippen LogP contribution < -0.4 is 10.1 Å². The van der Waals surface area contributed by atoms with Crippen molar-refractivity contribution in [2.24, 2.45) is 7.05 Å². The first-order valence-corrected chi connectivity index (χ1v) is 9.54. The molecule has 0 fully saturated rings. The van der Waals surface area contributed by atoms with Crippen LogP contribution in [0.1, 0.15) is 21.7 Å². The third-order valence-electron chi connectivity index (χ3n) is 4.17. The highest BCUT2D eigenvalue weighted by Crippen LogP contribution is 2.19.